The Morgan fingerprint density at radius 3 is 2.80 bits per heavy atom. The predicted molar refractivity (Wildman–Crippen MR) is 51.9 cm³/mol. The highest BCUT2D eigenvalue weighted by atomic mass is 16.6. The van der Waals surface area contributed by atoms with Crippen LogP contribution in [0.1, 0.15) is 20.3 Å². The summed E-state index contributed by atoms with van der Waals surface area (Å²) in [5.74, 6) is -0.723. The largest absolute Gasteiger partial charge is 0.468 e. The Bertz CT molecular complexity index is 360. The highest BCUT2D eigenvalue weighted by Crippen LogP contribution is 2.55. The van der Waals surface area contributed by atoms with E-state index in [1.54, 1.807) is 19.9 Å². The molecule has 2 bridgehead atoms. The molecule has 0 radical (unpaired) electrons. The van der Waals surface area contributed by atoms with Gasteiger partial charge in [-0.15, -0.1) is 0 Å². The number of fused-ring (bicyclic) bond motifs is 2. The molecule has 1 aliphatic heterocycles. The van der Waals surface area contributed by atoms with Crippen molar-refractivity contribution in [3.63, 3.8) is 0 Å². The molecule has 1 saturated heterocycles. The summed E-state index contributed by atoms with van der Waals surface area (Å²) in [5.41, 5.74) is -1.78. The molecule has 2 rings (SSSR count). The van der Waals surface area contributed by atoms with Crippen LogP contribution in [0.15, 0.2) is 12.2 Å². The van der Waals surface area contributed by atoms with Crippen LogP contribution in [0.4, 0.5) is 0 Å². The van der Waals surface area contributed by atoms with E-state index in [1.165, 1.54) is 7.11 Å². The van der Waals surface area contributed by atoms with E-state index < -0.39 is 16.9 Å². The number of ether oxygens (including phenoxy) is 2. The van der Waals surface area contributed by atoms with Gasteiger partial charge in [0.15, 0.2) is 0 Å². The molecule has 4 heteroatoms. The van der Waals surface area contributed by atoms with Gasteiger partial charge in [0.2, 0.25) is 0 Å². The molecule has 82 valence electrons. The zero-order valence-corrected chi connectivity index (χ0v) is 9.07. The number of methoxy groups -OCH3 is 1. The third kappa shape index (κ3) is 0.967. The predicted octanol–water partition coefficient (Wildman–Crippen LogP) is 1.06. The summed E-state index contributed by atoms with van der Waals surface area (Å²) in [5, 5.41) is 0. The Kier molecular flexibility index (Phi) is 1.93. The van der Waals surface area contributed by atoms with Gasteiger partial charge in [-0.25, -0.2) is 0 Å². The average molecular weight is 210 g/mol. The van der Waals surface area contributed by atoms with E-state index in [4.69, 9.17) is 9.47 Å². The van der Waals surface area contributed by atoms with Crippen LogP contribution < -0.4 is 0 Å². The van der Waals surface area contributed by atoms with Gasteiger partial charge in [0.05, 0.1) is 7.11 Å². The summed E-state index contributed by atoms with van der Waals surface area (Å²) in [6.07, 6.45) is 3.83. The molecular formula is C11H14O4. The summed E-state index contributed by atoms with van der Waals surface area (Å²) in [6, 6.07) is 0. The topological polar surface area (TPSA) is 52.6 Å². The molecule has 0 aromatic rings. The fourth-order valence-corrected chi connectivity index (χ4v) is 2.42. The molecule has 3 atom stereocenters. The molecule has 0 aromatic heterocycles. The second kappa shape index (κ2) is 2.84. The van der Waals surface area contributed by atoms with Crippen LogP contribution in [0.25, 0.3) is 0 Å². The van der Waals surface area contributed by atoms with Gasteiger partial charge in [-0.3, -0.25) is 9.59 Å². The number of rotatable bonds is 1. The second-order valence-electron chi connectivity index (χ2n) is 4.43. The van der Waals surface area contributed by atoms with Crippen molar-refractivity contribution < 1.29 is 19.1 Å². The fraction of sp³-hybridized carbons (Fsp3) is 0.636. The van der Waals surface area contributed by atoms with Gasteiger partial charge in [0.25, 0.3) is 0 Å². The first-order chi connectivity index (χ1) is 6.96. The van der Waals surface area contributed by atoms with Gasteiger partial charge in [-0.2, -0.15) is 0 Å². The van der Waals surface area contributed by atoms with Gasteiger partial charge in [0.1, 0.15) is 16.9 Å². The first kappa shape index (κ1) is 10.2. The van der Waals surface area contributed by atoms with E-state index in [9.17, 15) is 9.59 Å². The van der Waals surface area contributed by atoms with E-state index >= 15 is 0 Å². The molecule has 1 fully saturated rings. The average Bonchev–Trinajstić information content (AvgIpc) is 2.36. The molecule has 0 spiro atoms. The lowest BCUT2D eigenvalue weighted by Crippen LogP contribution is -2.49. The Morgan fingerprint density at radius 1 is 1.60 bits per heavy atom. The van der Waals surface area contributed by atoms with Crippen molar-refractivity contribution >= 4 is 11.9 Å². The van der Waals surface area contributed by atoms with Crippen LogP contribution >= 0.6 is 0 Å². The maximum atomic E-state index is 11.8. The van der Waals surface area contributed by atoms with Crippen LogP contribution in [0, 0.1) is 10.8 Å². The van der Waals surface area contributed by atoms with Crippen molar-refractivity contribution in [3.05, 3.63) is 12.2 Å². The van der Waals surface area contributed by atoms with Gasteiger partial charge in [-0.05, 0) is 13.8 Å². The van der Waals surface area contributed by atoms with Crippen LogP contribution in [0.5, 0.6) is 0 Å². The molecule has 0 aromatic carbocycles. The quantitative estimate of drug-likeness (QED) is 0.479. The minimum Gasteiger partial charge on any atom is -0.468 e. The van der Waals surface area contributed by atoms with E-state index in [2.05, 4.69) is 0 Å². The second-order valence-corrected chi connectivity index (χ2v) is 4.43. The molecule has 0 N–H and O–H groups in total. The van der Waals surface area contributed by atoms with Crippen LogP contribution in [-0.4, -0.2) is 25.2 Å². The van der Waals surface area contributed by atoms with Crippen molar-refractivity contribution in [1.29, 1.82) is 0 Å². The molecule has 1 heterocycles. The van der Waals surface area contributed by atoms with Crippen molar-refractivity contribution in [3.8, 4) is 0 Å². The van der Waals surface area contributed by atoms with Gasteiger partial charge in [0, 0.05) is 6.42 Å². The summed E-state index contributed by atoms with van der Waals surface area (Å²) in [6.45, 7) is 3.46. The van der Waals surface area contributed by atoms with Gasteiger partial charge >= 0.3 is 11.9 Å². The van der Waals surface area contributed by atoms with E-state index in [0.29, 0.717) is 6.42 Å². The Labute approximate surface area is 88.2 Å². The van der Waals surface area contributed by atoms with Crippen LogP contribution in [0.3, 0.4) is 0 Å². The van der Waals surface area contributed by atoms with Crippen molar-refractivity contribution in [2.45, 2.75) is 26.4 Å². The van der Waals surface area contributed by atoms with Crippen LogP contribution in [0.2, 0.25) is 0 Å². The van der Waals surface area contributed by atoms with Crippen molar-refractivity contribution in [2.24, 2.45) is 10.8 Å². The lowest BCUT2D eigenvalue weighted by atomic mass is 9.61. The molecule has 0 unspecified atom stereocenters. The van der Waals surface area contributed by atoms with Gasteiger partial charge in [-0.1, -0.05) is 12.2 Å². The van der Waals surface area contributed by atoms with E-state index in [1.807, 2.05) is 6.08 Å². The van der Waals surface area contributed by atoms with E-state index in [-0.39, 0.29) is 11.9 Å². The molecular weight excluding hydrogens is 196 g/mol. The zero-order valence-electron chi connectivity index (χ0n) is 9.07. The molecule has 0 amide bonds. The molecule has 2 aliphatic rings. The van der Waals surface area contributed by atoms with Crippen LogP contribution in [-0.2, 0) is 19.1 Å². The first-order valence-corrected chi connectivity index (χ1v) is 4.94. The maximum Gasteiger partial charge on any atom is 0.317 e. The highest BCUT2D eigenvalue weighted by Gasteiger charge is 2.67. The fourth-order valence-electron chi connectivity index (χ4n) is 2.42. The zero-order chi connectivity index (χ0) is 11.3. The third-order valence-electron chi connectivity index (χ3n) is 3.81. The standard InChI is InChI=1S/C11H14O4/c1-10-6-4-5-7(15-8(10)12)11(10,2)9(13)14-3/h4,6-7H,5H2,1-3H3/t7-,10-,11+/m1/s1. The third-order valence-corrected chi connectivity index (χ3v) is 3.81. The van der Waals surface area contributed by atoms with Gasteiger partial charge < -0.3 is 9.47 Å². The molecule has 4 nitrogen and oxygen atoms in total. The Hall–Kier alpha value is -1.32. The smallest absolute Gasteiger partial charge is 0.317 e. The number of hydrogen-bond acceptors (Lipinski definition) is 4. The monoisotopic (exact) mass is 210 g/mol. The highest BCUT2D eigenvalue weighted by molar-refractivity contribution is 5.93. The van der Waals surface area contributed by atoms with Crippen molar-refractivity contribution in [2.75, 3.05) is 7.11 Å². The maximum absolute atomic E-state index is 11.8. The lowest BCUT2D eigenvalue weighted by Gasteiger charge is -2.37. The number of esters is 2. The number of hydrogen-bond donors (Lipinski definition) is 0. The SMILES string of the molecule is COC(=O)[C@]1(C)[C@H]2CC=C[C@]1(C)C(=O)O2. The number of carbonyl (C=O) groups is 2. The minimum absolute atomic E-state index is 0.339. The Balaban J connectivity index is 2.54. The first-order valence-electron chi connectivity index (χ1n) is 4.94. The summed E-state index contributed by atoms with van der Waals surface area (Å²) in [4.78, 5) is 23.5. The molecule has 1 aliphatic carbocycles. The molecule has 0 saturated carbocycles. The number of carbonyl (C=O) groups excluding carboxylic acids is 2. The lowest BCUT2D eigenvalue weighted by molar-refractivity contribution is -0.159. The molecule has 15 heavy (non-hydrogen) atoms. The Morgan fingerprint density at radius 2 is 2.27 bits per heavy atom. The summed E-state index contributed by atoms with van der Waals surface area (Å²) >= 11 is 0. The summed E-state index contributed by atoms with van der Waals surface area (Å²) < 4.78 is 10.0. The summed E-state index contributed by atoms with van der Waals surface area (Å²) in [7, 11) is 1.33. The normalized spacial score (nSPS) is 42.6. The van der Waals surface area contributed by atoms with E-state index in [0.717, 1.165) is 0 Å². The minimum atomic E-state index is -0.895. The van der Waals surface area contributed by atoms with Crippen molar-refractivity contribution in [1.82, 2.24) is 0 Å².